The maximum absolute atomic E-state index is 12.2. The van der Waals surface area contributed by atoms with Gasteiger partial charge in [0, 0.05) is 35.6 Å². The molecule has 2 rings (SSSR count). The minimum absolute atomic E-state index is 0.0453. The standard InChI is InChI=1S/C16H19BrN4O/c1-4-21(5-2)15(22)12-9-18-16(19-10-12)20-13-6-7-14(17)11(3)8-13/h6-10H,4-5H2,1-3H3,(H,18,19,20). The molecule has 0 aliphatic rings. The largest absolute Gasteiger partial charge is 0.339 e. The van der Waals surface area contributed by atoms with E-state index in [4.69, 9.17) is 0 Å². The summed E-state index contributed by atoms with van der Waals surface area (Å²) >= 11 is 3.47. The lowest BCUT2D eigenvalue weighted by molar-refractivity contribution is 0.0772. The summed E-state index contributed by atoms with van der Waals surface area (Å²) in [6.07, 6.45) is 3.11. The molecule has 0 bridgehead atoms. The average molecular weight is 363 g/mol. The number of carbonyl (C=O) groups is 1. The van der Waals surface area contributed by atoms with Gasteiger partial charge in [0.25, 0.3) is 5.91 Å². The number of aryl methyl sites for hydroxylation is 1. The summed E-state index contributed by atoms with van der Waals surface area (Å²) in [7, 11) is 0. The van der Waals surface area contributed by atoms with Crippen LogP contribution in [0.3, 0.4) is 0 Å². The van der Waals surface area contributed by atoms with Crippen LogP contribution in [0.2, 0.25) is 0 Å². The number of nitrogens with one attached hydrogen (secondary N) is 1. The summed E-state index contributed by atoms with van der Waals surface area (Å²) in [4.78, 5) is 22.4. The van der Waals surface area contributed by atoms with Gasteiger partial charge in [0.1, 0.15) is 0 Å². The Labute approximate surface area is 138 Å². The Kier molecular flexibility index (Phi) is 5.49. The average Bonchev–Trinajstić information content (AvgIpc) is 2.53. The van der Waals surface area contributed by atoms with Crippen LogP contribution in [0.1, 0.15) is 29.8 Å². The Morgan fingerprint density at radius 2 is 1.86 bits per heavy atom. The van der Waals surface area contributed by atoms with Crippen LogP contribution < -0.4 is 5.32 Å². The fraction of sp³-hybridized carbons (Fsp3) is 0.312. The summed E-state index contributed by atoms with van der Waals surface area (Å²) in [6.45, 7) is 7.27. The quantitative estimate of drug-likeness (QED) is 0.879. The van der Waals surface area contributed by atoms with Gasteiger partial charge < -0.3 is 10.2 Å². The third-order valence-corrected chi connectivity index (χ3v) is 4.25. The van der Waals surface area contributed by atoms with Gasteiger partial charge in [-0.25, -0.2) is 9.97 Å². The predicted octanol–water partition coefficient (Wildman–Crippen LogP) is 3.77. The van der Waals surface area contributed by atoms with Gasteiger partial charge in [0.2, 0.25) is 5.95 Å². The smallest absolute Gasteiger partial charge is 0.256 e. The minimum Gasteiger partial charge on any atom is -0.339 e. The molecule has 1 heterocycles. The van der Waals surface area contributed by atoms with Crippen LogP contribution in [0.5, 0.6) is 0 Å². The number of nitrogens with zero attached hydrogens (tertiary/aromatic N) is 3. The van der Waals surface area contributed by atoms with E-state index in [0.29, 0.717) is 24.6 Å². The molecule has 0 radical (unpaired) electrons. The SMILES string of the molecule is CCN(CC)C(=O)c1cnc(Nc2ccc(Br)c(C)c2)nc1. The van der Waals surface area contributed by atoms with E-state index in [1.807, 2.05) is 39.0 Å². The highest BCUT2D eigenvalue weighted by atomic mass is 79.9. The molecule has 0 spiro atoms. The van der Waals surface area contributed by atoms with Crippen molar-refractivity contribution in [1.29, 1.82) is 0 Å². The zero-order valence-corrected chi connectivity index (χ0v) is 14.5. The van der Waals surface area contributed by atoms with Crippen LogP contribution in [0, 0.1) is 6.92 Å². The first-order valence-electron chi connectivity index (χ1n) is 7.19. The molecular formula is C16H19BrN4O. The van der Waals surface area contributed by atoms with E-state index >= 15 is 0 Å². The van der Waals surface area contributed by atoms with Crippen molar-refractivity contribution in [2.75, 3.05) is 18.4 Å². The lowest BCUT2D eigenvalue weighted by Gasteiger charge is -2.18. The molecule has 1 N–H and O–H groups in total. The van der Waals surface area contributed by atoms with E-state index in [1.54, 1.807) is 17.3 Å². The van der Waals surface area contributed by atoms with Crippen LogP contribution in [0.4, 0.5) is 11.6 Å². The molecular weight excluding hydrogens is 344 g/mol. The number of hydrogen-bond acceptors (Lipinski definition) is 4. The van der Waals surface area contributed by atoms with E-state index in [1.165, 1.54) is 0 Å². The van der Waals surface area contributed by atoms with Crippen molar-refractivity contribution >= 4 is 33.5 Å². The maximum atomic E-state index is 12.2. The first-order valence-corrected chi connectivity index (χ1v) is 7.99. The van der Waals surface area contributed by atoms with Crippen molar-refractivity contribution in [3.63, 3.8) is 0 Å². The van der Waals surface area contributed by atoms with Gasteiger partial charge in [0.15, 0.2) is 0 Å². The van der Waals surface area contributed by atoms with Crippen molar-refractivity contribution in [3.8, 4) is 0 Å². The summed E-state index contributed by atoms with van der Waals surface area (Å²) in [5, 5.41) is 3.13. The van der Waals surface area contributed by atoms with Gasteiger partial charge in [-0.2, -0.15) is 0 Å². The third-order valence-electron chi connectivity index (χ3n) is 3.36. The highest BCUT2D eigenvalue weighted by molar-refractivity contribution is 9.10. The molecule has 0 aliphatic carbocycles. The van der Waals surface area contributed by atoms with Crippen molar-refractivity contribution < 1.29 is 4.79 Å². The van der Waals surface area contributed by atoms with Gasteiger partial charge in [0.05, 0.1) is 5.56 Å². The van der Waals surface area contributed by atoms with E-state index in [2.05, 4.69) is 31.2 Å². The summed E-state index contributed by atoms with van der Waals surface area (Å²) < 4.78 is 1.05. The number of carbonyl (C=O) groups excluding carboxylic acids is 1. The normalized spacial score (nSPS) is 10.4. The second kappa shape index (κ2) is 7.35. The van der Waals surface area contributed by atoms with Gasteiger partial charge in [-0.3, -0.25) is 4.79 Å². The number of benzene rings is 1. The van der Waals surface area contributed by atoms with Crippen molar-refractivity contribution in [2.24, 2.45) is 0 Å². The zero-order valence-electron chi connectivity index (χ0n) is 12.9. The van der Waals surface area contributed by atoms with E-state index < -0.39 is 0 Å². The molecule has 0 saturated carbocycles. The molecule has 1 aromatic carbocycles. The van der Waals surface area contributed by atoms with Gasteiger partial charge >= 0.3 is 0 Å². The predicted molar refractivity (Wildman–Crippen MR) is 91.4 cm³/mol. The lowest BCUT2D eigenvalue weighted by Crippen LogP contribution is -2.30. The molecule has 5 nitrogen and oxygen atoms in total. The Balaban J connectivity index is 2.11. The fourth-order valence-corrected chi connectivity index (χ4v) is 2.29. The molecule has 1 amide bonds. The summed E-state index contributed by atoms with van der Waals surface area (Å²) in [5.41, 5.74) is 2.53. The van der Waals surface area contributed by atoms with Crippen LogP contribution in [-0.2, 0) is 0 Å². The topological polar surface area (TPSA) is 58.1 Å². The molecule has 1 aromatic heterocycles. The fourth-order valence-electron chi connectivity index (χ4n) is 2.05. The lowest BCUT2D eigenvalue weighted by atomic mass is 10.2. The number of aromatic nitrogens is 2. The van der Waals surface area contributed by atoms with Crippen molar-refractivity contribution in [1.82, 2.24) is 14.9 Å². The van der Waals surface area contributed by atoms with E-state index in [-0.39, 0.29) is 5.91 Å². The number of halogens is 1. The zero-order chi connectivity index (χ0) is 16.1. The van der Waals surface area contributed by atoms with E-state index in [0.717, 1.165) is 15.7 Å². The molecule has 116 valence electrons. The molecule has 22 heavy (non-hydrogen) atoms. The Hall–Kier alpha value is -1.95. The maximum Gasteiger partial charge on any atom is 0.256 e. The number of anilines is 2. The highest BCUT2D eigenvalue weighted by Gasteiger charge is 2.13. The van der Waals surface area contributed by atoms with Gasteiger partial charge in [-0.1, -0.05) is 15.9 Å². The molecule has 0 unspecified atom stereocenters. The molecule has 6 heteroatoms. The second-order valence-corrected chi connectivity index (χ2v) is 5.72. The first-order chi connectivity index (χ1) is 10.5. The van der Waals surface area contributed by atoms with E-state index in [9.17, 15) is 4.79 Å². The summed E-state index contributed by atoms with van der Waals surface area (Å²) in [5.74, 6) is 0.425. The number of amides is 1. The monoisotopic (exact) mass is 362 g/mol. The third kappa shape index (κ3) is 3.82. The minimum atomic E-state index is -0.0453. The summed E-state index contributed by atoms with van der Waals surface area (Å²) in [6, 6.07) is 5.91. The Bertz CT molecular complexity index is 654. The van der Waals surface area contributed by atoms with Crippen LogP contribution in [0.15, 0.2) is 35.1 Å². The Morgan fingerprint density at radius 1 is 1.23 bits per heavy atom. The van der Waals surface area contributed by atoms with Crippen molar-refractivity contribution in [3.05, 3.63) is 46.2 Å². The number of rotatable bonds is 5. The molecule has 2 aromatic rings. The first kappa shape index (κ1) is 16.4. The molecule has 0 saturated heterocycles. The van der Waals surface area contributed by atoms with Crippen LogP contribution in [0.25, 0.3) is 0 Å². The molecule has 0 aliphatic heterocycles. The highest BCUT2D eigenvalue weighted by Crippen LogP contribution is 2.21. The van der Waals surface area contributed by atoms with Crippen LogP contribution in [-0.4, -0.2) is 33.9 Å². The van der Waals surface area contributed by atoms with Gasteiger partial charge in [-0.05, 0) is 44.5 Å². The molecule has 0 fully saturated rings. The molecule has 0 atom stereocenters. The Morgan fingerprint density at radius 3 is 2.41 bits per heavy atom. The van der Waals surface area contributed by atoms with Crippen molar-refractivity contribution in [2.45, 2.75) is 20.8 Å². The number of hydrogen-bond donors (Lipinski definition) is 1. The van der Waals surface area contributed by atoms with Gasteiger partial charge in [-0.15, -0.1) is 0 Å². The second-order valence-electron chi connectivity index (χ2n) is 4.86. The van der Waals surface area contributed by atoms with Crippen LogP contribution >= 0.6 is 15.9 Å².